The summed E-state index contributed by atoms with van der Waals surface area (Å²) < 4.78 is 27.8. The average Bonchev–Trinajstić information content (AvgIpc) is 2.87. The van der Waals surface area contributed by atoms with Crippen LogP contribution in [0.5, 0.6) is 23.0 Å². The molecule has 1 aliphatic carbocycles. The van der Waals surface area contributed by atoms with E-state index in [1.165, 1.54) is 0 Å². The van der Waals surface area contributed by atoms with Gasteiger partial charge in [0.25, 0.3) is 0 Å². The van der Waals surface area contributed by atoms with Gasteiger partial charge in [-0.25, -0.2) is 0 Å². The third kappa shape index (κ3) is 4.15. The summed E-state index contributed by atoms with van der Waals surface area (Å²) in [6.07, 6.45) is 4.65. The van der Waals surface area contributed by atoms with Crippen molar-refractivity contribution < 1.29 is 23.7 Å². The minimum atomic E-state index is -0.317. The Bertz CT molecular complexity index is 1240. The van der Waals surface area contributed by atoms with Gasteiger partial charge in [-0.2, -0.15) is 5.26 Å². The fraction of sp³-hybridized carbons (Fsp3) is 0.296. The lowest BCUT2D eigenvalue weighted by atomic mass is 9.77. The van der Waals surface area contributed by atoms with Gasteiger partial charge in [-0.1, -0.05) is 12.1 Å². The molecule has 7 heteroatoms. The first-order valence-electron chi connectivity index (χ1n) is 11.0. The van der Waals surface area contributed by atoms with Crippen molar-refractivity contribution in [3.63, 3.8) is 0 Å². The molecule has 1 heterocycles. The number of ether oxygens (including phenoxy) is 5. The zero-order valence-corrected chi connectivity index (χ0v) is 19.8. The van der Waals surface area contributed by atoms with Crippen LogP contribution >= 0.6 is 0 Å². The summed E-state index contributed by atoms with van der Waals surface area (Å²) in [5, 5.41) is 9.93. The Morgan fingerprint density at radius 3 is 2.21 bits per heavy atom. The maximum atomic E-state index is 9.93. The summed E-state index contributed by atoms with van der Waals surface area (Å²) in [6, 6.07) is 13.7. The van der Waals surface area contributed by atoms with Crippen molar-refractivity contribution in [2.45, 2.75) is 25.2 Å². The van der Waals surface area contributed by atoms with Crippen LogP contribution in [0.4, 0.5) is 0 Å². The van der Waals surface area contributed by atoms with Crippen LogP contribution in [0.3, 0.4) is 0 Å². The van der Waals surface area contributed by atoms with Gasteiger partial charge in [-0.3, -0.25) is 0 Å². The van der Waals surface area contributed by atoms with E-state index in [0.29, 0.717) is 28.6 Å². The van der Waals surface area contributed by atoms with Gasteiger partial charge in [0.1, 0.15) is 17.4 Å². The Morgan fingerprint density at radius 1 is 0.912 bits per heavy atom. The minimum absolute atomic E-state index is 0.126. The second kappa shape index (κ2) is 9.84. The molecule has 0 radical (unpaired) electrons. The molecule has 0 spiro atoms. The SMILES string of the molecule is COc1ccc(/C=C2\CCCC3=C2OC(N)=C(C#N)C3c2ccc(OC)c(OC)c2)cc1OC. The zero-order valence-electron chi connectivity index (χ0n) is 19.8. The van der Waals surface area contributed by atoms with Crippen molar-refractivity contribution in [1.29, 1.82) is 5.26 Å². The molecule has 7 nitrogen and oxygen atoms in total. The lowest BCUT2D eigenvalue weighted by Gasteiger charge is -2.33. The highest BCUT2D eigenvalue weighted by Crippen LogP contribution is 2.48. The Labute approximate surface area is 199 Å². The van der Waals surface area contributed by atoms with Gasteiger partial charge >= 0.3 is 0 Å². The van der Waals surface area contributed by atoms with E-state index >= 15 is 0 Å². The van der Waals surface area contributed by atoms with Crippen LogP contribution in [-0.2, 0) is 4.74 Å². The molecule has 0 amide bonds. The van der Waals surface area contributed by atoms with Crippen molar-refractivity contribution in [3.8, 4) is 29.1 Å². The van der Waals surface area contributed by atoms with Gasteiger partial charge in [0.2, 0.25) is 5.88 Å². The molecule has 2 aromatic carbocycles. The normalized spacial score (nSPS) is 18.7. The number of benzene rings is 2. The topological polar surface area (TPSA) is 96.0 Å². The highest BCUT2D eigenvalue weighted by Gasteiger charge is 2.36. The second-order valence-electron chi connectivity index (χ2n) is 8.03. The van der Waals surface area contributed by atoms with Crippen LogP contribution < -0.4 is 24.7 Å². The van der Waals surface area contributed by atoms with Gasteiger partial charge in [0.05, 0.1) is 28.4 Å². The summed E-state index contributed by atoms with van der Waals surface area (Å²) >= 11 is 0. The van der Waals surface area contributed by atoms with Crippen LogP contribution in [-0.4, -0.2) is 28.4 Å². The van der Waals surface area contributed by atoms with Crippen molar-refractivity contribution in [3.05, 3.63) is 75.9 Å². The number of nitrogens with zero attached hydrogens (tertiary/aromatic N) is 1. The molecule has 34 heavy (non-hydrogen) atoms. The Morgan fingerprint density at radius 2 is 1.56 bits per heavy atom. The van der Waals surface area contributed by atoms with Crippen molar-refractivity contribution in [2.75, 3.05) is 28.4 Å². The summed E-state index contributed by atoms with van der Waals surface area (Å²) in [4.78, 5) is 0. The van der Waals surface area contributed by atoms with Gasteiger partial charge in [-0.05, 0) is 71.9 Å². The summed E-state index contributed by atoms with van der Waals surface area (Å²) in [5.41, 5.74) is 10.6. The summed E-state index contributed by atoms with van der Waals surface area (Å²) in [5.74, 6) is 3.09. The lowest BCUT2D eigenvalue weighted by molar-refractivity contribution is 0.277. The van der Waals surface area contributed by atoms with E-state index in [2.05, 4.69) is 12.1 Å². The number of hydrogen-bond acceptors (Lipinski definition) is 7. The molecule has 0 bridgehead atoms. The molecule has 1 unspecified atom stereocenters. The molecule has 1 aliphatic heterocycles. The van der Waals surface area contributed by atoms with Crippen molar-refractivity contribution in [2.24, 2.45) is 5.73 Å². The Kier molecular flexibility index (Phi) is 6.69. The predicted octanol–water partition coefficient (Wildman–Crippen LogP) is 5.05. The molecule has 2 N–H and O–H groups in total. The zero-order chi connectivity index (χ0) is 24.2. The highest BCUT2D eigenvalue weighted by molar-refractivity contribution is 5.64. The largest absolute Gasteiger partial charge is 0.493 e. The first-order valence-corrected chi connectivity index (χ1v) is 11.0. The first-order chi connectivity index (χ1) is 16.5. The molecule has 2 aromatic rings. The maximum absolute atomic E-state index is 9.93. The predicted molar refractivity (Wildman–Crippen MR) is 129 cm³/mol. The first kappa shape index (κ1) is 23.1. The fourth-order valence-electron chi connectivity index (χ4n) is 4.59. The Hall–Kier alpha value is -4.05. The van der Waals surface area contributed by atoms with E-state index in [1.54, 1.807) is 28.4 Å². The average molecular weight is 461 g/mol. The molecule has 2 aliphatic rings. The number of methoxy groups -OCH3 is 4. The van der Waals surface area contributed by atoms with Crippen LogP contribution in [0.1, 0.15) is 36.3 Å². The number of hydrogen-bond donors (Lipinski definition) is 1. The minimum Gasteiger partial charge on any atom is -0.493 e. The van der Waals surface area contributed by atoms with Gasteiger partial charge in [-0.15, -0.1) is 0 Å². The third-order valence-corrected chi connectivity index (χ3v) is 6.20. The quantitative estimate of drug-likeness (QED) is 0.644. The van der Waals surface area contributed by atoms with E-state index in [9.17, 15) is 5.26 Å². The maximum Gasteiger partial charge on any atom is 0.205 e. The number of allylic oxidation sites excluding steroid dienone is 3. The number of nitrogens with two attached hydrogens (primary N) is 1. The van der Waals surface area contributed by atoms with E-state index < -0.39 is 0 Å². The number of rotatable bonds is 6. The molecular formula is C27H28N2O5. The van der Waals surface area contributed by atoms with E-state index in [1.807, 2.05) is 36.4 Å². The number of nitriles is 1. The van der Waals surface area contributed by atoms with Gasteiger partial charge in [0.15, 0.2) is 23.0 Å². The molecule has 4 rings (SSSR count). The standard InChI is InChI=1S/C27H28N2O5/c1-30-21-10-8-16(13-23(21)32-3)12-18-6-5-7-19-25(20(15-28)27(29)34-26(18)19)17-9-11-22(31-2)24(14-17)33-4/h8-14,25H,5-7,29H2,1-4H3/b18-12+. The smallest absolute Gasteiger partial charge is 0.205 e. The molecule has 0 saturated carbocycles. The molecule has 1 atom stereocenters. The van der Waals surface area contributed by atoms with Crippen LogP contribution in [0.15, 0.2) is 64.8 Å². The molecule has 0 saturated heterocycles. The molecular weight excluding hydrogens is 432 g/mol. The van der Waals surface area contributed by atoms with Crippen molar-refractivity contribution >= 4 is 6.08 Å². The van der Waals surface area contributed by atoms with E-state index in [0.717, 1.165) is 47.3 Å². The summed E-state index contributed by atoms with van der Waals surface area (Å²) in [6.45, 7) is 0. The van der Waals surface area contributed by atoms with Crippen molar-refractivity contribution in [1.82, 2.24) is 0 Å². The third-order valence-electron chi connectivity index (χ3n) is 6.20. The van der Waals surface area contributed by atoms with E-state index in [-0.39, 0.29) is 11.8 Å². The van der Waals surface area contributed by atoms with Gasteiger partial charge in [0, 0.05) is 5.92 Å². The van der Waals surface area contributed by atoms with E-state index in [4.69, 9.17) is 29.4 Å². The van der Waals surface area contributed by atoms with Crippen LogP contribution in [0, 0.1) is 11.3 Å². The molecule has 176 valence electrons. The fourth-order valence-corrected chi connectivity index (χ4v) is 4.59. The van der Waals surface area contributed by atoms with Gasteiger partial charge < -0.3 is 29.4 Å². The van der Waals surface area contributed by atoms with Crippen LogP contribution in [0.25, 0.3) is 6.08 Å². The Balaban J connectivity index is 1.82. The molecule has 0 fully saturated rings. The highest BCUT2D eigenvalue weighted by atomic mass is 16.5. The molecule has 0 aromatic heterocycles. The van der Waals surface area contributed by atoms with Crippen LogP contribution in [0.2, 0.25) is 0 Å². The monoisotopic (exact) mass is 460 g/mol. The summed E-state index contributed by atoms with van der Waals surface area (Å²) in [7, 11) is 6.41. The second-order valence-corrected chi connectivity index (χ2v) is 8.03. The lowest BCUT2D eigenvalue weighted by Crippen LogP contribution is -2.23.